The number of benzene rings is 2. The molecule has 0 saturated heterocycles. The molecule has 2 aliphatic rings. The molecule has 1 fully saturated rings. The molecule has 2 aromatic carbocycles. The van der Waals surface area contributed by atoms with Crippen LogP contribution in [-0.4, -0.2) is 31.8 Å². The van der Waals surface area contributed by atoms with E-state index in [9.17, 15) is 9.59 Å². The van der Waals surface area contributed by atoms with E-state index < -0.39 is 12.0 Å². The minimum absolute atomic E-state index is 0.229. The first-order valence-corrected chi connectivity index (χ1v) is 11.5. The van der Waals surface area contributed by atoms with Gasteiger partial charge in [0, 0.05) is 0 Å². The minimum Gasteiger partial charge on any atom is -0.497 e. The van der Waals surface area contributed by atoms with Gasteiger partial charge in [0.15, 0.2) is 0 Å². The predicted octanol–water partition coefficient (Wildman–Crippen LogP) is 4.74. The van der Waals surface area contributed by atoms with Gasteiger partial charge in [-0.25, -0.2) is 9.59 Å². The Kier molecular flexibility index (Phi) is 7.17. The Hall–Kier alpha value is -3.48. The van der Waals surface area contributed by atoms with Gasteiger partial charge in [0.1, 0.15) is 11.5 Å². The highest BCUT2D eigenvalue weighted by Crippen LogP contribution is 2.33. The monoisotopic (exact) mass is 450 g/mol. The summed E-state index contributed by atoms with van der Waals surface area (Å²) in [6.45, 7) is 1.99. The Bertz CT molecular complexity index is 1010. The summed E-state index contributed by atoms with van der Waals surface area (Å²) in [5.41, 5.74) is 2.24. The van der Waals surface area contributed by atoms with Crippen LogP contribution in [0.4, 0.5) is 4.79 Å². The highest BCUT2D eigenvalue weighted by molar-refractivity contribution is 6.04. The molecule has 1 saturated carbocycles. The minimum atomic E-state index is -0.654. The highest BCUT2D eigenvalue weighted by atomic mass is 16.5. The molecule has 1 unspecified atom stereocenters. The smallest absolute Gasteiger partial charge is 0.338 e. The second-order valence-electron chi connectivity index (χ2n) is 8.22. The summed E-state index contributed by atoms with van der Waals surface area (Å²) < 4.78 is 16.7. The summed E-state index contributed by atoms with van der Waals surface area (Å²) in [7, 11) is 1.59. The standard InChI is InChI=1S/C26H30N2O5/c1-3-32-25(29)22-23(17-9-13-19(31-2)14-10-17)27-26(30)28-24(22)18-11-15-21(16-12-18)33-20-7-5-4-6-8-20/h9-16,20,24H,3-8H2,1-2H3,(H2,27,28,30). The third kappa shape index (κ3) is 5.30. The van der Waals surface area contributed by atoms with Gasteiger partial charge in [0.25, 0.3) is 0 Å². The second-order valence-corrected chi connectivity index (χ2v) is 8.22. The van der Waals surface area contributed by atoms with E-state index in [1.807, 2.05) is 24.3 Å². The number of esters is 1. The average molecular weight is 451 g/mol. The number of nitrogens with one attached hydrogen (secondary N) is 2. The van der Waals surface area contributed by atoms with Crippen molar-refractivity contribution >= 4 is 17.7 Å². The maximum absolute atomic E-state index is 13.0. The van der Waals surface area contributed by atoms with Gasteiger partial charge in [-0.3, -0.25) is 0 Å². The SMILES string of the molecule is CCOC(=O)C1=C(c2ccc(OC)cc2)NC(=O)NC1c1ccc(OC2CCCCC2)cc1. The molecule has 4 rings (SSSR count). The molecule has 2 amide bonds. The lowest BCUT2D eigenvalue weighted by Crippen LogP contribution is -2.45. The Morgan fingerprint density at radius 3 is 2.27 bits per heavy atom. The maximum atomic E-state index is 13.0. The highest BCUT2D eigenvalue weighted by Gasteiger charge is 2.34. The Morgan fingerprint density at radius 1 is 0.970 bits per heavy atom. The number of rotatable bonds is 7. The lowest BCUT2D eigenvalue weighted by Gasteiger charge is -2.30. The van der Waals surface area contributed by atoms with E-state index in [1.54, 1.807) is 38.3 Å². The largest absolute Gasteiger partial charge is 0.497 e. The van der Waals surface area contributed by atoms with E-state index in [0.717, 1.165) is 24.2 Å². The first-order chi connectivity index (χ1) is 16.1. The first kappa shape index (κ1) is 22.7. The van der Waals surface area contributed by atoms with Gasteiger partial charge < -0.3 is 24.8 Å². The number of hydrogen-bond acceptors (Lipinski definition) is 5. The van der Waals surface area contributed by atoms with Crippen molar-refractivity contribution in [2.24, 2.45) is 0 Å². The Balaban J connectivity index is 1.67. The molecule has 2 aromatic rings. The Morgan fingerprint density at radius 2 is 1.64 bits per heavy atom. The summed E-state index contributed by atoms with van der Waals surface area (Å²) in [6.07, 6.45) is 6.07. The summed E-state index contributed by atoms with van der Waals surface area (Å²) in [4.78, 5) is 25.6. The molecule has 174 valence electrons. The van der Waals surface area contributed by atoms with Crippen molar-refractivity contribution in [3.63, 3.8) is 0 Å². The topological polar surface area (TPSA) is 85.9 Å². The first-order valence-electron chi connectivity index (χ1n) is 11.5. The third-order valence-electron chi connectivity index (χ3n) is 6.01. The van der Waals surface area contributed by atoms with Crippen LogP contribution in [-0.2, 0) is 9.53 Å². The number of ether oxygens (including phenoxy) is 3. The van der Waals surface area contributed by atoms with Gasteiger partial charge in [-0.15, -0.1) is 0 Å². The van der Waals surface area contributed by atoms with Gasteiger partial charge in [0.05, 0.1) is 37.1 Å². The zero-order valence-electron chi connectivity index (χ0n) is 19.1. The van der Waals surface area contributed by atoms with Crippen LogP contribution >= 0.6 is 0 Å². The molecular weight excluding hydrogens is 420 g/mol. The fourth-order valence-corrected chi connectivity index (χ4v) is 4.34. The van der Waals surface area contributed by atoms with Crippen LogP contribution < -0.4 is 20.1 Å². The van der Waals surface area contributed by atoms with Crippen LogP contribution in [0.25, 0.3) is 5.70 Å². The van der Waals surface area contributed by atoms with E-state index >= 15 is 0 Å². The van der Waals surface area contributed by atoms with Crippen LogP contribution in [0.15, 0.2) is 54.1 Å². The molecule has 0 aromatic heterocycles. The average Bonchev–Trinajstić information content (AvgIpc) is 2.85. The van der Waals surface area contributed by atoms with Gasteiger partial charge in [-0.05, 0) is 80.1 Å². The van der Waals surface area contributed by atoms with Crippen LogP contribution in [0.2, 0.25) is 0 Å². The molecule has 7 heteroatoms. The van der Waals surface area contributed by atoms with E-state index in [0.29, 0.717) is 22.6 Å². The summed E-state index contributed by atoms with van der Waals surface area (Å²) in [5, 5.41) is 5.66. The number of hydrogen-bond donors (Lipinski definition) is 2. The zero-order valence-corrected chi connectivity index (χ0v) is 19.1. The normalized spacial score (nSPS) is 18.8. The number of carbonyl (C=O) groups is 2. The van der Waals surface area contributed by atoms with Crippen LogP contribution in [0.5, 0.6) is 11.5 Å². The molecule has 0 spiro atoms. The van der Waals surface area contributed by atoms with E-state index in [4.69, 9.17) is 14.2 Å². The van der Waals surface area contributed by atoms with E-state index in [1.165, 1.54) is 19.3 Å². The van der Waals surface area contributed by atoms with Gasteiger partial charge >= 0.3 is 12.0 Å². The van der Waals surface area contributed by atoms with E-state index in [2.05, 4.69) is 10.6 Å². The molecular formula is C26H30N2O5. The lowest BCUT2D eigenvalue weighted by atomic mass is 9.92. The summed E-state index contributed by atoms with van der Waals surface area (Å²) in [6, 6.07) is 13.7. The quantitative estimate of drug-likeness (QED) is 0.596. The van der Waals surface area contributed by atoms with Crippen LogP contribution in [0.3, 0.4) is 0 Å². The molecule has 1 atom stereocenters. The fourth-order valence-electron chi connectivity index (χ4n) is 4.34. The van der Waals surface area contributed by atoms with Gasteiger partial charge in [-0.1, -0.05) is 18.6 Å². The van der Waals surface area contributed by atoms with Crippen molar-refractivity contribution < 1.29 is 23.8 Å². The number of urea groups is 1. The van der Waals surface area contributed by atoms with Crippen LogP contribution in [0.1, 0.15) is 56.2 Å². The number of carbonyl (C=O) groups excluding carboxylic acids is 2. The molecule has 1 aliphatic heterocycles. The number of methoxy groups -OCH3 is 1. The van der Waals surface area contributed by atoms with Gasteiger partial charge in [-0.2, -0.15) is 0 Å². The van der Waals surface area contributed by atoms with Crippen LogP contribution in [0, 0.1) is 0 Å². The third-order valence-corrected chi connectivity index (χ3v) is 6.01. The van der Waals surface area contributed by atoms with Crippen molar-refractivity contribution in [2.45, 2.75) is 51.2 Å². The summed E-state index contributed by atoms with van der Waals surface area (Å²) >= 11 is 0. The Labute approximate surface area is 194 Å². The maximum Gasteiger partial charge on any atom is 0.338 e. The van der Waals surface area contributed by atoms with Crippen molar-refractivity contribution in [3.8, 4) is 11.5 Å². The molecule has 1 heterocycles. The molecule has 0 radical (unpaired) electrons. The van der Waals surface area contributed by atoms with Crippen molar-refractivity contribution in [2.75, 3.05) is 13.7 Å². The summed E-state index contributed by atoms with van der Waals surface area (Å²) in [5.74, 6) is 0.994. The molecule has 1 aliphatic carbocycles. The zero-order chi connectivity index (χ0) is 23.2. The van der Waals surface area contributed by atoms with Gasteiger partial charge in [0.2, 0.25) is 0 Å². The predicted molar refractivity (Wildman–Crippen MR) is 125 cm³/mol. The van der Waals surface area contributed by atoms with Crippen molar-refractivity contribution in [1.29, 1.82) is 0 Å². The molecule has 0 bridgehead atoms. The second kappa shape index (κ2) is 10.4. The van der Waals surface area contributed by atoms with Crippen molar-refractivity contribution in [1.82, 2.24) is 10.6 Å². The lowest BCUT2D eigenvalue weighted by molar-refractivity contribution is -0.138. The van der Waals surface area contributed by atoms with Crippen molar-refractivity contribution in [3.05, 3.63) is 65.2 Å². The molecule has 33 heavy (non-hydrogen) atoms. The fraction of sp³-hybridized carbons (Fsp3) is 0.385. The van der Waals surface area contributed by atoms with E-state index in [-0.39, 0.29) is 18.7 Å². The number of amides is 2. The molecule has 2 N–H and O–H groups in total. The molecule has 7 nitrogen and oxygen atoms in total.